The maximum Gasteiger partial charge on any atom is 0.339 e. The van der Waals surface area contributed by atoms with Crippen molar-refractivity contribution in [1.29, 1.82) is 0 Å². The van der Waals surface area contributed by atoms with Crippen molar-refractivity contribution in [1.82, 2.24) is 0 Å². The molecule has 0 atom stereocenters. The van der Waals surface area contributed by atoms with E-state index >= 15 is 0 Å². The summed E-state index contributed by atoms with van der Waals surface area (Å²) in [4.78, 5) is -0.0554. The Hall–Kier alpha value is -1.72. The zero-order valence-electron chi connectivity index (χ0n) is 9.08. The van der Waals surface area contributed by atoms with Crippen molar-refractivity contribution in [3.8, 4) is 11.5 Å². The summed E-state index contributed by atoms with van der Waals surface area (Å²) in [7, 11) is -3.95. The third kappa shape index (κ3) is 2.75. The SMILES string of the molecule is O=S(=O)(Oc1ccccc1Cl)c1ccc(O)cc1. The monoisotopic (exact) mass is 284 g/mol. The molecule has 1 N–H and O–H groups in total. The maximum absolute atomic E-state index is 11.9. The summed E-state index contributed by atoms with van der Waals surface area (Å²) >= 11 is 5.81. The van der Waals surface area contributed by atoms with Crippen LogP contribution in [-0.2, 0) is 10.1 Å². The molecule has 4 nitrogen and oxygen atoms in total. The molecule has 0 saturated carbocycles. The molecule has 0 aromatic heterocycles. The van der Waals surface area contributed by atoms with Crippen LogP contribution in [0.1, 0.15) is 0 Å². The van der Waals surface area contributed by atoms with Gasteiger partial charge in [-0.15, -0.1) is 0 Å². The lowest BCUT2D eigenvalue weighted by atomic mass is 10.3. The van der Waals surface area contributed by atoms with E-state index in [1.165, 1.54) is 36.4 Å². The average molecular weight is 285 g/mol. The van der Waals surface area contributed by atoms with Crippen LogP contribution in [0.4, 0.5) is 0 Å². The van der Waals surface area contributed by atoms with Gasteiger partial charge in [-0.3, -0.25) is 0 Å². The van der Waals surface area contributed by atoms with Crippen molar-refractivity contribution < 1.29 is 17.7 Å². The Morgan fingerprint density at radius 2 is 1.61 bits per heavy atom. The summed E-state index contributed by atoms with van der Waals surface area (Å²) in [5, 5.41) is 9.31. The van der Waals surface area contributed by atoms with E-state index in [4.69, 9.17) is 20.9 Å². The molecule has 0 spiro atoms. The fourth-order valence-corrected chi connectivity index (χ4v) is 2.46. The van der Waals surface area contributed by atoms with Gasteiger partial charge in [-0.05, 0) is 36.4 Å². The predicted octanol–water partition coefficient (Wildman–Crippen LogP) is 2.81. The lowest BCUT2D eigenvalue weighted by Gasteiger charge is -2.08. The van der Waals surface area contributed by atoms with Crippen LogP contribution in [0.3, 0.4) is 0 Å². The number of phenols is 1. The number of phenolic OH excluding ortho intramolecular Hbond substituents is 1. The van der Waals surface area contributed by atoms with Crippen LogP contribution in [0.2, 0.25) is 5.02 Å². The highest BCUT2D eigenvalue weighted by Crippen LogP contribution is 2.27. The zero-order chi connectivity index (χ0) is 13.2. The molecular weight excluding hydrogens is 276 g/mol. The van der Waals surface area contributed by atoms with Gasteiger partial charge in [0.2, 0.25) is 0 Å². The van der Waals surface area contributed by atoms with Crippen LogP contribution < -0.4 is 4.18 Å². The fourth-order valence-electron chi connectivity index (χ4n) is 1.29. The van der Waals surface area contributed by atoms with Crippen LogP contribution in [0, 0.1) is 0 Å². The van der Waals surface area contributed by atoms with Gasteiger partial charge in [-0.2, -0.15) is 8.42 Å². The average Bonchev–Trinajstić information content (AvgIpc) is 2.32. The van der Waals surface area contributed by atoms with E-state index in [1.54, 1.807) is 12.1 Å². The molecule has 0 aliphatic rings. The molecule has 0 bridgehead atoms. The molecule has 2 aromatic rings. The van der Waals surface area contributed by atoms with E-state index < -0.39 is 10.1 Å². The Labute approximate surface area is 110 Å². The molecule has 18 heavy (non-hydrogen) atoms. The molecule has 0 saturated heterocycles. The lowest BCUT2D eigenvalue weighted by Crippen LogP contribution is -2.09. The fraction of sp³-hybridized carbons (Fsp3) is 0. The van der Waals surface area contributed by atoms with Crippen molar-refractivity contribution in [3.63, 3.8) is 0 Å². The van der Waals surface area contributed by atoms with Crippen LogP contribution in [0.25, 0.3) is 0 Å². The van der Waals surface area contributed by atoms with Gasteiger partial charge in [0.05, 0.1) is 5.02 Å². The van der Waals surface area contributed by atoms with Gasteiger partial charge in [0.25, 0.3) is 0 Å². The second-order valence-corrected chi connectivity index (χ2v) is 5.42. The van der Waals surface area contributed by atoms with Gasteiger partial charge in [0.15, 0.2) is 5.75 Å². The maximum atomic E-state index is 11.9. The number of rotatable bonds is 3. The molecule has 0 aliphatic carbocycles. The van der Waals surface area contributed by atoms with Crippen LogP contribution in [-0.4, -0.2) is 13.5 Å². The van der Waals surface area contributed by atoms with Crippen LogP contribution >= 0.6 is 11.6 Å². The summed E-state index contributed by atoms with van der Waals surface area (Å²) in [6, 6.07) is 11.3. The van der Waals surface area contributed by atoms with Gasteiger partial charge in [0.1, 0.15) is 10.6 Å². The van der Waals surface area contributed by atoms with E-state index in [-0.39, 0.29) is 21.4 Å². The topological polar surface area (TPSA) is 63.6 Å². The smallest absolute Gasteiger partial charge is 0.339 e. The number of para-hydroxylation sites is 1. The molecule has 0 heterocycles. The zero-order valence-corrected chi connectivity index (χ0v) is 10.6. The first-order valence-electron chi connectivity index (χ1n) is 4.97. The standard InChI is InChI=1S/C12H9ClO4S/c13-11-3-1-2-4-12(11)17-18(15,16)10-7-5-9(14)6-8-10/h1-8,14H. The van der Waals surface area contributed by atoms with Crippen molar-refractivity contribution >= 4 is 21.7 Å². The van der Waals surface area contributed by atoms with Gasteiger partial charge in [-0.25, -0.2) is 0 Å². The van der Waals surface area contributed by atoms with Gasteiger partial charge in [-0.1, -0.05) is 23.7 Å². The number of halogens is 1. The minimum Gasteiger partial charge on any atom is -0.508 e. The van der Waals surface area contributed by atoms with Crippen LogP contribution in [0.15, 0.2) is 53.4 Å². The quantitative estimate of drug-likeness (QED) is 0.880. The van der Waals surface area contributed by atoms with Crippen molar-refractivity contribution in [2.75, 3.05) is 0 Å². The Morgan fingerprint density at radius 1 is 1.00 bits per heavy atom. The van der Waals surface area contributed by atoms with E-state index in [0.717, 1.165) is 0 Å². The Bertz CT molecular complexity index is 650. The Balaban J connectivity index is 2.33. The molecule has 0 unspecified atom stereocenters. The first kappa shape index (κ1) is 12.7. The molecule has 0 aliphatic heterocycles. The Morgan fingerprint density at radius 3 is 2.22 bits per heavy atom. The van der Waals surface area contributed by atoms with E-state index in [0.29, 0.717) is 0 Å². The molecule has 0 radical (unpaired) electrons. The van der Waals surface area contributed by atoms with E-state index in [1.807, 2.05) is 0 Å². The summed E-state index contributed by atoms with van der Waals surface area (Å²) in [5.41, 5.74) is 0. The largest absolute Gasteiger partial charge is 0.508 e. The first-order chi connectivity index (χ1) is 8.49. The highest BCUT2D eigenvalue weighted by atomic mass is 35.5. The molecule has 6 heteroatoms. The first-order valence-corrected chi connectivity index (χ1v) is 6.76. The number of aromatic hydroxyl groups is 1. The molecular formula is C12H9ClO4S. The third-order valence-electron chi connectivity index (χ3n) is 2.16. The van der Waals surface area contributed by atoms with Crippen molar-refractivity contribution in [2.45, 2.75) is 4.90 Å². The van der Waals surface area contributed by atoms with Crippen molar-refractivity contribution in [2.24, 2.45) is 0 Å². The summed E-state index contributed by atoms with van der Waals surface area (Å²) in [6.45, 7) is 0. The number of hydrogen-bond acceptors (Lipinski definition) is 4. The normalized spacial score (nSPS) is 11.2. The van der Waals surface area contributed by atoms with Gasteiger partial charge in [0, 0.05) is 0 Å². The van der Waals surface area contributed by atoms with E-state index in [2.05, 4.69) is 0 Å². The summed E-state index contributed by atoms with van der Waals surface area (Å²) in [6.07, 6.45) is 0. The van der Waals surface area contributed by atoms with Gasteiger partial charge < -0.3 is 9.29 Å². The third-order valence-corrected chi connectivity index (χ3v) is 3.72. The Kier molecular flexibility index (Phi) is 3.45. The summed E-state index contributed by atoms with van der Waals surface area (Å²) < 4.78 is 28.7. The second kappa shape index (κ2) is 4.88. The van der Waals surface area contributed by atoms with Crippen molar-refractivity contribution in [3.05, 3.63) is 53.6 Å². The molecule has 2 rings (SSSR count). The van der Waals surface area contributed by atoms with E-state index in [9.17, 15) is 8.42 Å². The molecule has 0 amide bonds. The summed E-state index contributed by atoms with van der Waals surface area (Å²) in [5.74, 6) is 0.0407. The number of hydrogen-bond donors (Lipinski definition) is 1. The second-order valence-electron chi connectivity index (χ2n) is 3.46. The van der Waals surface area contributed by atoms with Gasteiger partial charge >= 0.3 is 10.1 Å². The molecule has 94 valence electrons. The number of benzene rings is 2. The predicted molar refractivity (Wildman–Crippen MR) is 67.4 cm³/mol. The highest BCUT2D eigenvalue weighted by Gasteiger charge is 2.17. The highest BCUT2D eigenvalue weighted by molar-refractivity contribution is 7.87. The molecule has 0 fully saturated rings. The van der Waals surface area contributed by atoms with Crippen LogP contribution in [0.5, 0.6) is 11.5 Å². The minimum atomic E-state index is -3.95. The lowest BCUT2D eigenvalue weighted by molar-refractivity contribution is 0.473. The molecule has 2 aromatic carbocycles. The minimum absolute atomic E-state index is 0.0216.